The van der Waals surface area contributed by atoms with Gasteiger partial charge in [0.25, 0.3) is 5.91 Å². The number of halogens is 2. The van der Waals surface area contributed by atoms with Gasteiger partial charge in [-0.3, -0.25) is 4.79 Å². The summed E-state index contributed by atoms with van der Waals surface area (Å²) in [6, 6.07) is 5.24. The summed E-state index contributed by atoms with van der Waals surface area (Å²) in [5.74, 6) is 0.737. The molecule has 0 atom stereocenters. The minimum absolute atomic E-state index is 0.122. The Morgan fingerprint density at radius 2 is 2.09 bits per heavy atom. The van der Waals surface area contributed by atoms with E-state index < -0.39 is 0 Å². The average Bonchev–Trinajstić information content (AvgIpc) is 2.75. The maximum absolute atomic E-state index is 12.3. The average molecular weight is 388 g/mol. The van der Waals surface area contributed by atoms with E-state index >= 15 is 0 Å². The zero-order chi connectivity index (χ0) is 16.3. The highest BCUT2D eigenvalue weighted by molar-refractivity contribution is 9.10. The Kier molecular flexibility index (Phi) is 5.47. The van der Waals surface area contributed by atoms with Gasteiger partial charge in [-0.2, -0.15) is 4.68 Å². The fourth-order valence-corrected chi connectivity index (χ4v) is 2.49. The van der Waals surface area contributed by atoms with Crippen molar-refractivity contribution in [1.82, 2.24) is 9.78 Å². The lowest BCUT2D eigenvalue weighted by Crippen LogP contribution is -2.21. The maximum Gasteiger partial charge on any atom is 0.285 e. The van der Waals surface area contributed by atoms with Gasteiger partial charge in [-0.25, -0.2) is 0 Å². The summed E-state index contributed by atoms with van der Waals surface area (Å²) in [5, 5.41) is 4.77. The van der Waals surface area contributed by atoms with Crippen LogP contribution in [0.3, 0.4) is 0 Å². The van der Waals surface area contributed by atoms with Crippen LogP contribution in [0.5, 0.6) is 11.6 Å². The third-order valence-corrected chi connectivity index (χ3v) is 4.17. The van der Waals surface area contributed by atoms with Crippen molar-refractivity contribution in [2.24, 2.45) is 0 Å². The van der Waals surface area contributed by atoms with Gasteiger partial charge in [0, 0.05) is 5.02 Å². The third-order valence-electron chi connectivity index (χ3n) is 3.02. The molecular formula is C15H16BrClN2O3. The van der Waals surface area contributed by atoms with Gasteiger partial charge in [0.15, 0.2) is 6.61 Å². The first-order chi connectivity index (χ1) is 10.4. The van der Waals surface area contributed by atoms with Crippen molar-refractivity contribution in [3.05, 3.63) is 39.0 Å². The SMILES string of the molecule is CCOc1nn(C(=O)COc2ccc(Cl)cc2C)c(C)c1Br. The lowest BCUT2D eigenvalue weighted by molar-refractivity contribution is 0.0816. The van der Waals surface area contributed by atoms with E-state index in [2.05, 4.69) is 21.0 Å². The summed E-state index contributed by atoms with van der Waals surface area (Å²) < 4.78 is 12.9. The summed E-state index contributed by atoms with van der Waals surface area (Å²) in [4.78, 5) is 12.3. The highest BCUT2D eigenvalue weighted by Gasteiger charge is 2.18. The van der Waals surface area contributed by atoms with E-state index in [4.69, 9.17) is 21.1 Å². The zero-order valence-corrected chi connectivity index (χ0v) is 14.9. The molecular weight excluding hydrogens is 372 g/mol. The molecule has 5 nitrogen and oxygen atoms in total. The van der Waals surface area contributed by atoms with E-state index in [0.29, 0.717) is 33.4 Å². The molecule has 1 aromatic heterocycles. The smallest absolute Gasteiger partial charge is 0.285 e. The van der Waals surface area contributed by atoms with E-state index in [9.17, 15) is 4.79 Å². The number of aryl methyl sites for hydroxylation is 1. The van der Waals surface area contributed by atoms with Gasteiger partial charge in [-0.05, 0) is 60.5 Å². The molecule has 0 unspecified atom stereocenters. The lowest BCUT2D eigenvalue weighted by atomic mass is 10.2. The molecule has 7 heteroatoms. The lowest BCUT2D eigenvalue weighted by Gasteiger charge is -2.09. The van der Waals surface area contributed by atoms with Crippen molar-refractivity contribution in [2.45, 2.75) is 20.8 Å². The Balaban J connectivity index is 2.11. The van der Waals surface area contributed by atoms with Crippen molar-refractivity contribution >= 4 is 33.4 Å². The second-order valence-corrected chi connectivity index (χ2v) is 5.87. The Bertz CT molecular complexity index is 700. The molecule has 1 heterocycles. The fourth-order valence-electron chi connectivity index (χ4n) is 1.90. The second kappa shape index (κ2) is 7.15. The number of benzene rings is 1. The number of carbonyl (C=O) groups is 1. The topological polar surface area (TPSA) is 53.4 Å². The van der Waals surface area contributed by atoms with Crippen molar-refractivity contribution in [1.29, 1.82) is 0 Å². The van der Waals surface area contributed by atoms with Crippen LogP contribution in [-0.4, -0.2) is 28.9 Å². The standard InChI is InChI=1S/C15H16BrClN2O3/c1-4-21-15-14(16)10(3)19(18-15)13(20)8-22-12-6-5-11(17)7-9(12)2/h5-7H,4,8H2,1-3H3. The number of nitrogens with zero attached hydrogens (tertiary/aromatic N) is 2. The molecule has 0 N–H and O–H groups in total. The fraction of sp³-hybridized carbons (Fsp3) is 0.333. The summed E-state index contributed by atoms with van der Waals surface area (Å²) in [6.07, 6.45) is 0. The van der Waals surface area contributed by atoms with Crippen LogP contribution in [0, 0.1) is 13.8 Å². The Hall–Kier alpha value is -1.53. The summed E-state index contributed by atoms with van der Waals surface area (Å²) in [5.41, 5.74) is 1.54. The van der Waals surface area contributed by atoms with Crippen LogP contribution < -0.4 is 9.47 Å². The van der Waals surface area contributed by atoms with E-state index in [1.165, 1.54) is 4.68 Å². The molecule has 0 fully saturated rings. The van der Waals surface area contributed by atoms with Gasteiger partial charge in [0.2, 0.25) is 5.88 Å². The molecule has 0 aliphatic heterocycles. The number of hydrogen-bond donors (Lipinski definition) is 0. The van der Waals surface area contributed by atoms with Gasteiger partial charge in [-0.15, -0.1) is 5.10 Å². The molecule has 0 aliphatic carbocycles. The molecule has 2 aromatic rings. The van der Waals surface area contributed by atoms with Gasteiger partial charge < -0.3 is 9.47 Å². The highest BCUT2D eigenvalue weighted by atomic mass is 79.9. The number of ether oxygens (including phenoxy) is 2. The summed E-state index contributed by atoms with van der Waals surface area (Å²) >= 11 is 9.26. The molecule has 22 heavy (non-hydrogen) atoms. The normalized spacial score (nSPS) is 10.6. The largest absolute Gasteiger partial charge is 0.483 e. The van der Waals surface area contributed by atoms with Crippen molar-refractivity contribution in [3.63, 3.8) is 0 Å². The summed E-state index contributed by atoms with van der Waals surface area (Å²) in [6.45, 7) is 5.86. The first-order valence-electron chi connectivity index (χ1n) is 6.74. The molecule has 118 valence electrons. The van der Waals surface area contributed by atoms with Crippen molar-refractivity contribution in [3.8, 4) is 11.6 Å². The predicted octanol–water partition coefficient (Wildman–Crippen LogP) is 4.03. The van der Waals surface area contributed by atoms with Gasteiger partial charge in [0.05, 0.1) is 12.3 Å². The van der Waals surface area contributed by atoms with Crippen molar-refractivity contribution < 1.29 is 14.3 Å². The van der Waals surface area contributed by atoms with Crippen LogP contribution in [0.25, 0.3) is 0 Å². The van der Waals surface area contributed by atoms with Crippen molar-refractivity contribution in [2.75, 3.05) is 13.2 Å². The molecule has 1 aromatic carbocycles. The Labute approximate surface area is 142 Å². The van der Waals surface area contributed by atoms with E-state index in [0.717, 1.165) is 5.56 Å². The number of hydrogen-bond acceptors (Lipinski definition) is 4. The maximum atomic E-state index is 12.3. The summed E-state index contributed by atoms with van der Waals surface area (Å²) in [7, 11) is 0. The van der Waals surface area contributed by atoms with Crippen LogP contribution in [-0.2, 0) is 0 Å². The molecule has 0 aliphatic rings. The molecule has 0 spiro atoms. The first kappa shape index (κ1) is 16.8. The van der Waals surface area contributed by atoms with E-state index in [1.54, 1.807) is 25.1 Å². The monoisotopic (exact) mass is 386 g/mol. The third kappa shape index (κ3) is 3.62. The highest BCUT2D eigenvalue weighted by Crippen LogP contribution is 2.27. The molecule has 0 saturated carbocycles. The van der Waals surface area contributed by atoms with Crippen LogP contribution in [0.4, 0.5) is 0 Å². The van der Waals surface area contributed by atoms with Crippen LogP contribution in [0.15, 0.2) is 22.7 Å². The van der Waals surface area contributed by atoms with Crippen LogP contribution in [0.1, 0.15) is 23.0 Å². The Morgan fingerprint density at radius 3 is 2.73 bits per heavy atom. The van der Waals surface area contributed by atoms with E-state index in [-0.39, 0.29) is 12.5 Å². The van der Waals surface area contributed by atoms with Gasteiger partial charge in [0.1, 0.15) is 10.2 Å². The molecule has 2 rings (SSSR count). The van der Waals surface area contributed by atoms with E-state index in [1.807, 2.05) is 13.8 Å². The number of carbonyl (C=O) groups excluding carboxylic acids is 1. The minimum atomic E-state index is -0.279. The van der Waals surface area contributed by atoms with Gasteiger partial charge >= 0.3 is 0 Å². The van der Waals surface area contributed by atoms with Crippen LogP contribution in [0.2, 0.25) is 5.02 Å². The van der Waals surface area contributed by atoms with Gasteiger partial charge in [-0.1, -0.05) is 11.6 Å². The minimum Gasteiger partial charge on any atom is -0.483 e. The Morgan fingerprint density at radius 1 is 1.36 bits per heavy atom. The number of rotatable bonds is 5. The quantitative estimate of drug-likeness (QED) is 0.777. The molecule has 0 radical (unpaired) electrons. The number of aromatic nitrogens is 2. The molecule has 0 saturated heterocycles. The van der Waals surface area contributed by atoms with Crippen LogP contribution >= 0.6 is 27.5 Å². The zero-order valence-electron chi connectivity index (χ0n) is 12.5. The second-order valence-electron chi connectivity index (χ2n) is 4.64. The molecule has 0 bridgehead atoms. The predicted molar refractivity (Wildman–Crippen MR) is 88.1 cm³/mol. The first-order valence-corrected chi connectivity index (χ1v) is 7.91. The molecule has 0 amide bonds.